The van der Waals surface area contributed by atoms with Gasteiger partial charge in [0, 0.05) is 5.70 Å². The first-order chi connectivity index (χ1) is 14.0. The second-order valence-corrected chi connectivity index (χ2v) is 6.48. The molecular weight excluding hydrogens is 372 g/mol. The molecule has 2 amide bonds. The summed E-state index contributed by atoms with van der Waals surface area (Å²) >= 11 is 0. The number of methoxy groups -OCH3 is 1. The van der Waals surface area contributed by atoms with Gasteiger partial charge in [-0.3, -0.25) is 0 Å². The molecule has 7 nitrogen and oxygen atoms in total. The Morgan fingerprint density at radius 2 is 1.86 bits per heavy atom. The number of esters is 1. The largest absolute Gasteiger partial charge is 0.493 e. The third-order valence-electron chi connectivity index (χ3n) is 4.52. The van der Waals surface area contributed by atoms with Crippen LogP contribution in [0, 0.1) is 0 Å². The molecule has 0 radical (unpaired) electrons. The van der Waals surface area contributed by atoms with Gasteiger partial charge in [0.25, 0.3) is 0 Å². The fraction of sp³-hybridized carbons (Fsp3) is 0.273. The molecule has 3 rings (SSSR count). The zero-order chi connectivity index (χ0) is 20.8. The number of allylic oxidation sites excluding steroid dienone is 1. The monoisotopic (exact) mass is 396 g/mol. The third-order valence-corrected chi connectivity index (χ3v) is 4.52. The van der Waals surface area contributed by atoms with E-state index < -0.39 is 12.0 Å². The highest BCUT2D eigenvalue weighted by Crippen LogP contribution is 2.34. The highest BCUT2D eigenvalue weighted by molar-refractivity contribution is 5.95. The number of ether oxygens (including phenoxy) is 3. The number of benzene rings is 2. The lowest BCUT2D eigenvalue weighted by molar-refractivity contribution is -0.140. The molecule has 0 saturated carbocycles. The molecule has 2 aromatic carbocycles. The van der Waals surface area contributed by atoms with Gasteiger partial charge in [-0.15, -0.1) is 0 Å². The highest BCUT2D eigenvalue weighted by Gasteiger charge is 2.32. The normalized spacial score (nSPS) is 16.0. The van der Waals surface area contributed by atoms with Crippen molar-refractivity contribution in [2.24, 2.45) is 0 Å². The first-order valence-corrected chi connectivity index (χ1v) is 9.33. The number of hydrogen-bond acceptors (Lipinski definition) is 5. The fourth-order valence-electron chi connectivity index (χ4n) is 3.15. The summed E-state index contributed by atoms with van der Waals surface area (Å²) in [4.78, 5) is 24.9. The quantitative estimate of drug-likeness (QED) is 0.700. The van der Waals surface area contributed by atoms with E-state index in [1.165, 1.54) is 0 Å². The van der Waals surface area contributed by atoms with E-state index in [4.69, 9.17) is 14.2 Å². The second-order valence-electron chi connectivity index (χ2n) is 6.48. The molecule has 1 heterocycles. The molecule has 2 N–H and O–H groups in total. The maximum atomic E-state index is 12.9. The summed E-state index contributed by atoms with van der Waals surface area (Å²) in [5.41, 5.74) is 2.36. The molecule has 0 saturated heterocycles. The van der Waals surface area contributed by atoms with E-state index in [1.807, 2.05) is 37.3 Å². The predicted molar refractivity (Wildman–Crippen MR) is 108 cm³/mol. The molecule has 1 unspecified atom stereocenters. The molecule has 29 heavy (non-hydrogen) atoms. The van der Waals surface area contributed by atoms with E-state index in [-0.39, 0.29) is 12.6 Å². The number of amides is 2. The van der Waals surface area contributed by atoms with Gasteiger partial charge in [-0.2, -0.15) is 0 Å². The Morgan fingerprint density at radius 3 is 2.55 bits per heavy atom. The summed E-state index contributed by atoms with van der Waals surface area (Å²) in [7, 11) is 1.54. The van der Waals surface area contributed by atoms with Gasteiger partial charge in [-0.05, 0) is 37.1 Å². The average molecular weight is 396 g/mol. The zero-order valence-corrected chi connectivity index (χ0v) is 16.7. The molecule has 1 aliphatic heterocycles. The number of hydrogen-bond donors (Lipinski definition) is 2. The molecule has 0 aliphatic carbocycles. The number of urea groups is 1. The van der Waals surface area contributed by atoms with Gasteiger partial charge >= 0.3 is 12.0 Å². The van der Waals surface area contributed by atoms with Crippen LogP contribution in [-0.2, 0) is 16.1 Å². The number of nitrogens with one attached hydrogen (secondary N) is 2. The lowest BCUT2D eigenvalue weighted by atomic mass is 9.95. The average Bonchev–Trinajstić information content (AvgIpc) is 2.72. The maximum absolute atomic E-state index is 12.9. The summed E-state index contributed by atoms with van der Waals surface area (Å²) in [5.74, 6) is 0.608. The smallest absolute Gasteiger partial charge is 0.338 e. The van der Waals surface area contributed by atoms with Crippen molar-refractivity contribution in [3.63, 3.8) is 0 Å². The van der Waals surface area contributed by atoms with Crippen LogP contribution in [0.3, 0.4) is 0 Å². The summed E-state index contributed by atoms with van der Waals surface area (Å²) < 4.78 is 16.4. The zero-order valence-electron chi connectivity index (χ0n) is 16.7. The lowest BCUT2D eigenvalue weighted by Gasteiger charge is -2.28. The van der Waals surface area contributed by atoms with Crippen LogP contribution < -0.4 is 20.1 Å². The van der Waals surface area contributed by atoms with E-state index in [2.05, 4.69) is 10.6 Å². The van der Waals surface area contributed by atoms with Crippen LogP contribution in [0.25, 0.3) is 0 Å². The minimum absolute atomic E-state index is 0.143. The van der Waals surface area contributed by atoms with E-state index in [1.54, 1.807) is 32.2 Å². The van der Waals surface area contributed by atoms with Gasteiger partial charge in [0.15, 0.2) is 11.5 Å². The van der Waals surface area contributed by atoms with Crippen molar-refractivity contribution < 1.29 is 23.8 Å². The van der Waals surface area contributed by atoms with E-state index in [9.17, 15) is 9.59 Å². The van der Waals surface area contributed by atoms with Crippen LogP contribution in [0.5, 0.6) is 11.5 Å². The molecule has 1 aliphatic rings. The van der Waals surface area contributed by atoms with Gasteiger partial charge in [0.1, 0.15) is 6.61 Å². The van der Waals surface area contributed by atoms with Crippen molar-refractivity contribution in [2.45, 2.75) is 26.5 Å². The summed E-state index contributed by atoms with van der Waals surface area (Å²) in [6, 6.07) is 13.7. The van der Waals surface area contributed by atoms with Crippen LogP contribution >= 0.6 is 0 Å². The van der Waals surface area contributed by atoms with E-state index >= 15 is 0 Å². The van der Waals surface area contributed by atoms with E-state index in [0.717, 1.165) is 5.56 Å². The summed E-state index contributed by atoms with van der Waals surface area (Å²) in [5, 5.41) is 5.43. The van der Waals surface area contributed by atoms with Crippen LogP contribution in [0.4, 0.5) is 4.79 Å². The molecule has 0 spiro atoms. The SMILES string of the molecule is CCOc1ccc(C2NC(=O)NC(C)=C2C(=O)OCc2ccccc2)cc1OC. The third kappa shape index (κ3) is 4.68. The number of rotatable bonds is 7. The molecule has 2 aromatic rings. The van der Waals surface area contributed by atoms with Crippen molar-refractivity contribution >= 4 is 12.0 Å². The Labute approximate surface area is 169 Å². The van der Waals surface area contributed by atoms with Crippen LogP contribution in [0.15, 0.2) is 59.8 Å². The van der Waals surface area contributed by atoms with E-state index in [0.29, 0.717) is 34.9 Å². The number of carbonyl (C=O) groups excluding carboxylic acids is 2. The van der Waals surface area contributed by atoms with Crippen molar-refractivity contribution in [2.75, 3.05) is 13.7 Å². The van der Waals surface area contributed by atoms with Crippen LogP contribution in [0.2, 0.25) is 0 Å². The molecule has 152 valence electrons. The number of carbonyl (C=O) groups is 2. The van der Waals surface area contributed by atoms with Crippen molar-refractivity contribution in [3.05, 3.63) is 70.9 Å². The fourth-order valence-corrected chi connectivity index (χ4v) is 3.15. The summed E-state index contributed by atoms with van der Waals surface area (Å²) in [6.07, 6.45) is 0. The van der Waals surface area contributed by atoms with Gasteiger partial charge in [0.2, 0.25) is 0 Å². The Bertz CT molecular complexity index is 924. The van der Waals surface area contributed by atoms with Gasteiger partial charge in [0.05, 0.1) is 25.3 Å². The molecule has 0 bridgehead atoms. The first kappa shape index (κ1) is 20.3. The van der Waals surface area contributed by atoms with Crippen molar-refractivity contribution in [1.29, 1.82) is 0 Å². The summed E-state index contributed by atoms with van der Waals surface area (Å²) in [6.45, 7) is 4.20. The predicted octanol–water partition coefficient (Wildman–Crippen LogP) is 3.47. The van der Waals surface area contributed by atoms with Crippen molar-refractivity contribution in [1.82, 2.24) is 10.6 Å². The topological polar surface area (TPSA) is 85.9 Å². The Kier molecular flexibility index (Phi) is 6.39. The lowest BCUT2D eigenvalue weighted by Crippen LogP contribution is -2.45. The molecule has 0 aromatic heterocycles. The molecular formula is C22H24N2O5. The Hall–Kier alpha value is -3.48. The van der Waals surface area contributed by atoms with Gasteiger partial charge in [-0.1, -0.05) is 36.4 Å². The van der Waals surface area contributed by atoms with Crippen LogP contribution in [0.1, 0.15) is 31.0 Å². The van der Waals surface area contributed by atoms with Gasteiger partial charge in [-0.25, -0.2) is 9.59 Å². The Morgan fingerprint density at radius 1 is 1.10 bits per heavy atom. The maximum Gasteiger partial charge on any atom is 0.338 e. The van der Waals surface area contributed by atoms with Gasteiger partial charge < -0.3 is 24.8 Å². The minimum atomic E-state index is -0.670. The minimum Gasteiger partial charge on any atom is -0.493 e. The first-order valence-electron chi connectivity index (χ1n) is 9.33. The molecule has 0 fully saturated rings. The highest BCUT2D eigenvalue weighted by atomic mass is 16.5. The van der Waals surface area contributed by atoms with Crippen LogP contribution in [-0.4, -0.2) is 25.7 Å². The standard InChI is InChI=1S/C22H24N2O5/c1-4-28-17-11-10-16(12-18(17)27-3)20-19(14(2)23-22(26)24-20)21(25)29-13-15-8-6-5-7-9-15/h5-12,20H,4,13H2,1-3H3,(H2,23,24,26). The molecule has 1 atom stereocenters. The Balaban J connectivity index is 1.88. The second kappa shape index (κ2) is 9.14. The molecule has 7 heteroatoms. The van der Waals surface area contributed by atoms with Crippen molar-refractivity contribution in [3.8, 4) is 11.5 Å².